The number of fused-ring (bicyclic) bond motifs is 1. The Morgan fingerprint density at radius 1 is 1.08 bits per heavy atom. The summed E-state index contributed by atoms with van der Waals surface area (Å²) in [5.74, 6) is -1.52. The van der Waals surface area contributed by atoms with E-state index in [2.05, 4.69) is 5.32 Å². The summed E-state index contributed by atoms with van der Waals surface area (Å²) in [6, 6.07) is 7.62. The second-order valence-corrected chi connectivity index (χ2v) is 6.26. The van der Waals surface area contributed by atoms with Gasteiger partial charge in [0.15, 0.2) is 23.1 Å². The van der Waals surface area contributed by atoms with Crippen LogP contribution in [0.2, 0.25) is 0 Å². The number of amides is 3. The molecule has 8 heteroatoms. The van der Waals surface area contributed by atoms with Crippen LogP contribution in [0.3, 0.4) is 0 Å². The molecule has 2 aliphatic heterocycles. The molecule has 1 fully saturated rings. The minimum Gasteiger partial charge on any atom is -0.454 e. The molecule has 0 saturated carbocycles. The van der Waals surface area contributed by atoms with E-state index in [9.17, 15) is 18.4 Å². The van der Waals surface area contributed by atoms with Gasteiger partial charge in [-0.2, -0.15) is 0 Å². The van der Waals surface area contributed by atoms with E-state index in [4.69, 9.17) is 9.47 Å². The first kappa shape index (κ1) is 16.3. The molecular formula is C18H14F2N2O4. The topological polar surface area (TPSA) is 67.9 Å². The van der Waals surface area contributed by atoms with Gasteiger partial charge in [0.05, 0.1) is 6.54 Å². The van der Waals surface area contributed by atoms with Gasteiger partial charge in [0, 0.05) is 0 Å². The van der Waals surface area contributed by atoms with Gasteiger partial charge in [-0.05, 0) is 42.3 Å². The zero-order valence-corrected chi connectivity index (χ0v) is 13.7. The Kier molecular flexibility index (Phi) is 3.57. The number of hydrogen-bond acceptors (Lipinski definition) is 4. The first-order chi connectivity index (χ1) is 12.4. The number of ether oxygens (including phenoxy) is 2. The molecule has 6 nitrogen and oxygen atoms in total. The number of benzene rings is 2. The SMILES string of the molecule is C[C@]1(c2ccc(F)c(F)c2)NC(=O)N(Cc2ccc3c(c2)OCO3)C1=O. The van der Waals surface area contributed by atoms with Gasteiger partial charge in [-0.15, -0.1) is 0 Å². The van der Waals surface area contributed by atoms with Crippen LogP contribution < -0.4 is 14.8 Å². The fourth-order valence-corrected chi connectivity index (χ4v) is 3.07. The van der Waals surface area contributed by atoms with Crippen LogP contribution >= 0.6 is 0 Å². The van der Waals surface area contributed by atoms with Crippen LogP contribution in [0.15, 0.2) is 36.4 Å². The Morgan fingerprint density at radius 2 is 1.85 bits per heavy atom. The van der Waals surface area contributed by atoms with Crippen molar-refractivity contribution in [2.24, 2.45) is 0 Å². The summed E-state index contributed by atoms with van der Waals surface area (Å²) < 4.78 is 37.3. The number of hydrogen-bond donors (Lipinski definition) is 1. The highest BCUT2D eigenvalue weighted by atomic mass is 19.2. The van der Waals surface area contributed by atoms with E-state index < -0.39 is 29.1 Å². The van der Waals surface area contributed by atoms with E-state index in [1.165, 1.54) is 13.0 Å². The van der Waals surface area contributed by atoms with E-state index in [0.29, 0.717) is 17.1 Å². The molecule has 0 bridgehead atoms. The molecule has 2 aromatic rings. The van der Waals surface area contributed by atoms with Crippen molar-refractivity contribution in [3.8, 4) is 11.5 Å². The highest BCUT2D eigenvalue weighted by Gasteiger charge is 2.49. The number of nitrogens with one attached hydrogen (secondary N) is 1. The summed E-state index contributed by atoms with van der Waals surface area (Å²) in [4.78, 5) is 26.2. The van der Waals surface area contributed by atoms with E-state index in [1.54, 1.807) is 18.2 Å². The van der Waals surface area contributed by atoms with Gasteiger partial charge in [-0.1, -0.05) is 12.1 Å². The van der Waals surface area contributed by atoms with Crippen LogP contribution in [0.4, 0.5) is 13.6 Å². The lowest BCUT2D eigenvalue weighted by Crippen LogP contribution is -2.41. The second-order valence-electron chi connectivity index (χ2n) is 6.26. The molecule has 26 heavy (non-hydrogen) atoms. The fraction of sp³-hybridized carbons (Fsp3) is 0.222. The summed E-state index contributed by atoms with van der Waals surface area (Å²) in [5, 5.41) is 2.56. The van der Waals surface area contributed by atoms with Crippen molar-refractivity contribution in [1.82, 2.24) is 10.2 Å². The van der Waals surface area contributed by atoms with Gasteiger partial charge in [0.2, 0.25) is 6.79 Å². The van der Waals surface area contributed by atoms with E-state index >= 15 is 0 Å². The number of urea groups is 1. The van der Waals surface area contributed by atoms with Crippen molar-refractivity contribution in [3.63, 3.8) is 0 Å². The van der Waals surface area contributed by atoms with E-state index in [1.807, 2.05) is 0 Å². The van der Waals surface area contributed by atoms with Gasteiger partial charge in [-0.3, -0.25) is 9.69 Å². The van der Waals surface area contributed by atoms with E-state index in [-0.39, 0.29) is 18.9 Å². The fourth-order valence-electron chi connectivity index (χ4n) is 3.07. The third-order valence-electron chi connectivity index (χ3n) is 4.55. The van der Waals surface area contributed by atoms with Crippen LogP contribution in [0.1, 0.15) is 18.1 Å². The molecule has 2 aliphatic rings. The maximum Gasteiger partial charge on any atom is 0.325 e. The van der Waals surface area contributed by atoms with Gasteiger partial charge < -0.3 is 14.8 Å². The third kappa shape index (κ3) is 2.45. The largest absolute Gasteiger partial charge is 0.454 e. The van der Waals surface area contributed by atoms with Crippen LogP contribution in [0.5, 0.6) is 11.5 Å². The highest BCUT2D eigenvalue weighted by molar-refractivity contribution is 6.07. The monoisotopic (exact) mass is 360 g/mol. The van der Waals surface area contributed by atoms with Crippen molar-refractivity contribution < 1.29 is 27.8 Å². The van der Waals surface area contributed by atoms with Crippen LogP contribution in [0, 0.1) is 11.6 Å². The number of nitrogens with zero attached hydrogens (tertiary/aromatic N) is 1. The Labute approximate surface area is 147 Å². The summed E-state index contributed by atoms with van der Waals surface area (Å²) in [6.45, 7) is 1.59. The molecular weight excluding hydrogens is 346 g/mol. The maximum absolute atomic E-state index is 13.6. The lowest BCUT2D eigenvalue weighted by atomic mass is 9.92. The quantitative estimate of drug-likeness (QED) is 0.855. The predicted octanol–water partition coefficient (Wildman–Crippen LogP) is 2.66. The highest BCUT2D eigenvalue weighted by Crippen LogP contribution is 2.34. The van der Waals surface area contributed by atoms with Crippen LogP contribution in [-0.4, -0.2) is 23.6 Å². The first-order valence-electron chi connectivity index (χ1n) is 7.86. The summed E-state index contributed by atoms with van der Waals surface area (Å²) in [6.07, 6.45) is 0. The van der Waals surface area contributed by atoms with Gasteiger partial charge in [-0.25, -0.2) is 13.6 Å². The molecule has 0 aromatic heterocycles. The minimum atomic E-state index is -1.47. The number of imide groups is 1. The zero-order valence-electron chi connectivity index (χ0n) is 13.7. The first-order valence-corrected chi connectivity index (χ1v) is 7.86. The average Bonchev–Trinajstić information content (AvgIpc) is 3.16. The second kappa shape index (κ2) is 5.69. The number of rotatable bonds is 3. The van der Waals surface area contributed by atoms with Gasteiger partial charge in [0.1, 0.15) is 5.54 Å². The molecule has 2 heterocycles. The average molecular weight is 360 g/mol. The smallest absolute Gasteiger partial charge is 0.325 e. The van der Waals surface area contributed by atoms with Gasteiger partial charge >= 0.3 is 6.03 Å². The zero-order chi connectivity index (χ0) is 18.5. The van der Waals surface area contributed by atoms with Crippen molar-refractivity contribution >= 4 is 11.9 Å². The van der Waals surface area contributed by atoms with Crippen LogP contribution in [-0.2, 0) is 16.9 Å². The molecule has 1 atom stereocenters. The summed E-state index contributed by atoms with van der Waals surface area (Å²) >= 11 is 0. The van der Waals surface area contributed by atoms with E-state index in [0.717, 1.165) is 17.0 Å². The van der Waals surface area contributed by atoms with Crippen molar-refractivity contribution in [2.75, 3.05) is 6.79 Å². The molecule has 134 valence electrons. The molecule has 4 rings (SSSR count). The summed E-state index contributed by atoms with van der Waals surface area (Å²) in [5.41, 5.74) is -0.627. The third-order valence-corrected chi connectivity index (χ3v) is 4.55. The molecule has 3 amide bonds. The Morgan fingerprint density at radius 3 is 2.62 bits per heavy atom. The Balaban J connectivity index is 1.61. The lowest BCUT2D eigenvalue weighted by Gasteiger charge is -2.22. The maximum atomic E-state index is 13.6. The molecule has 0 unspecified atom stereocenters. The molecule has 0 radical (unpaired) electrons. The summed E-state index contributed by atoms with van der Waals surface area (Å²) in [7, 11) is 0. The Hall–Kier alpha value is -3.16. The van der Waals surface area contributed by atoms with Gasteiger partial charge in [0.25, 0.3) is 5.91 Å². The van der Waals surface area contributed by atoms with Crippen molar-refractivity contribution in [3.05, 3.63) is 59.2 Å². The number of carbonyl (C=O) groups excluding carboxylic acids is 2. The standard InChI is InChI=1S/C18H14F2N2O4/c1-18(11-3-4-12(19)13(20)7-11)16(23)22(17(24)21-18)8-10-2-5-14-15(6-10)26-9-25-14/h2-7H,8-9H2,1H3,(H,21,24)/t18-/m1/s1. The molecule has 1 N–H and O–H groups in total. The molecule has 0 spiro atoms. The Bertz CT molecular complexity index is 933. The number of halogens is 2. The minimum absolute atomic E-state index is 0.0145. The van der Waals surface area contributed by atoms with Crippen LogP contribution in [0.25, 0.3) is 0 Å². The predicted molar refractivity (Wildman–Crippen MR) is 85.4 cm³/mol. The normalized spacial score (nSPS) is 21.3. The molecule has 0 aliphatic carbocycles. The molecule has 1 saturated heterocycles. The van der Waals surface area contributed by atoms with Crippen molar-refractivity contribution in [2.45, 2.75) is 19.0 Å². The number of carbonyl (C=O) groups is 2. The van der Waals surface area contributed by atoms with Crippen molar-refractivity contribution in [1.29, 1.82) is 0 Å². The lowest BCUT2D eigenvalue weighted by molar-refractivity contribution is -0.131. The molecule has 2 aromatic carbocycles.